The van der Waals surface area contributed by atoms with Gasteiger partial charge in [-0.2, -0.15) is 0 Å². The lowest BCUT2D eigenvalue weighted by atomic mass is 9.86. The lowest BCUT2D eigenvalue weighted by Gasteiger charge is -2.20. The molecule has 94 valence electrons. The Morgan fingerprint density at radius 3 is 1.50 bits per heavy atom. The SMILES string of the molecule is CCCCCC1=C(CCCCC)CCCC1. The van der Waals surface area contributed by atoms with Crippen LogP contribution in [0.25, 0.3) is 0 Å². The molecule has 0 saturated carbocycles. The highest BCUT2D eigenvalue weighted by Gasteiger charge is 2.11. The van der Waals surface area contributed by atoms with Crippen LogP contribution in [-0.2, 0) is 0 Å². The molecule has 0 fully saturated rings. The molecule has 0 aromatic heterocycles. The third-order valence-corrected chi connectivity index (χ3v) is 3.87. The van der Waals surface area contributed by atoms with Gasteiger partial charge in [0.25, 0.3) is 0 Å². The van der Waals surface area contributed by atoms with Gasteiger partial charge in [-0.05, 0) is 51.4 Å². The second-order valence-electron chi connectivity index (χ2n) is 5.33. The van der Waals surface area contributed by atoms with E-state index in [9.17, 15) is 0 Å². The van der Waals surface area contributed by atoms with Crippen molar-refractivity contribution in [1.82, 2.24) is 0 Å². The lowest BCUT2D eigenvalue weighted by Crippen LogP contribution is -2.00. The van der Waals surface area contributed by atoms with Crippen LogP contribution in [0.15, 0.2) is 11.1 Å². The van der Waals surface area contributed by atoms with Gasteiger partial charge in [-0.25, -0.2) is 0 Å². The summed E-state index contributed by atoms with van der Waals surface area (Å²) in [6, 6.07) is 0. The Labute approximate surface area is 103 Å². The number of unbranched alkanes of at least 4 members (excludes halogenated alkanes) is 4. The average Bonchev–Trinajstić information content (AvgIpc) is 2.32. The van der Waals surface area contributed by atoms with Gasteiger partial charge in [-0.15, -0.1) is 0 Å². The molecule has 0 saturated heterocycles. The molecule has 0 unspecified atom stereocenters. The minimum absolute atomic E-state index is 1.36. The average molecular weight is 222 g/mol. The fourth-order valence-corrected chi connectivity index (χ4v) is 2.81. The van der Waals surface area contributed by atoms with E-state index in [2.05, 4.69) is 13.8 Å². The molecule has 0 N–H and O–H groups in total. The summed E-state index contributed by atoms with van der Waals surface area (Å²) >= 11 is 0. The van der Waals surface area contributed by atoms with Crippen molar-refractivity contribution in [3.8, 4) is 0 Å². The second kappa shape index (κ2) is 8.84. The second-order valence-corrected chi connectivity index (χ2v) is 5.33. The molecule has 0 heteroatoms. The normalized spacial score (nSPS) is 16.9. The molecule has 0 aromatic rings. The molecule has 1 aliphatic carbocycles. The molecule has 0 spiro atoms. The fraction of sp³-hybridized carbons (Fsp3) is 0.875. The van der Waals surface area contributed by atoms with E-state index >= 15 is 0 Å². The molecule has 0 aromatic carbocycles. The monoisotopic (exact) mass is 222 g/mol. The van der Waals surface area contributed by atoms with Gasteiger partial charge in [0.05, 0.1) is 0 Å². The van der Waals surface area contributed by atoms with Crippen molar-refractivity contribution in [2.45, 2.75) is 90.9 Å². The zero-order valence-corrected chi connectivity index (χ0v) is 11.5. The Morgan fingerprint density at radius 2 is 1.12 bits per heavy atom. The van der Waals surface area contributed by atoms with Crippen LogP contribution >= 0.6 is 0 Å². The minimum atomic E-state index is 1.36. The van der Waals surface area contributed by atoms with E-state index in [1.54, 1.807) is 0 Å². The van der Waals surface area contributed by atoms with E-state index < -0.39 is 0 Å². The van der Waals surface area contributed by atoms with Gasteiger partial charge in [-0.1, -0.05) is 50.7 Å². The van der Waals surface area contributed by atoms with Crippen LogP contribution in [0.1, 0.15) is 90.9 Å². The van der Waals surface area contributed by atoms with Crippen molar-refractivity contribution in [2.24, 2.45) is 0 Å². The van der Waals surface area contributed by atoms with E-state index in [0.717, 1.165) is 0 Å². The topological polar surface area (TPSA) is 0 Å². The summed E-state index contributed by atoms with van der Waals surface area (Å²) in [6.07, 6.45) is 17.0. The first kappa shape index (κ1) is 13.8. The Hall–Kier alpha value is -0.260. The van der Waals surface area contributed by atoms with Crippen molar-refractivity contribution in [2.75, 3.05) is 0 Å². The molecule has 1 aliphatic rings. The minimum Gasteiger partial charge on any atom is -0.0710 e. The number of hydrogen-bond acceptors (Lipinski definition) is 0. The summed E-state index contributed by atoms with van der Waals surface area (Å²) in [5, 5.41) is 0. The van der Waals surface area contributed by atoms with Crippen molar-refractivity contribution in [1.29, 1.82) is 0 Å². The Kier molecular flexibility index (Phi) is 7.63. The summed E-state index contributed by atoms with van der Waals surface area (Å²) in [6.45, 7) is 4.61. The fourth-order valence-electron chi connectivity index (χ4n) is 2.81. The largest absolute Gasteiger partial charge is 0.0710 e. The van der Waals surface area contributed by atoms with Crippen LogP contribution in [0, 0.1) is 0 Å². The van der Waals surface area contributed by atoms with Crippen molar-refractivity contribution >= 4 is 0 Å². The molecule has 16 heavy (non-hydrogen) atoms. The van der Waals surface area contributed by atoms with E-state index in [0.29, 0.717) is 0 Å². The highest BCUT2D eigenvalue weighted by molar-refractivity contribution is 5.17. The molecule has 0 radical (unpaired) electrons. The van der Waals surface area contributed by atoms with Crippen LogP contribution in [0.3, 0.4) is 0 Å². The summed E-state index contributed by atoms with van der Waals surface area (Å²) in [4.78, 5) is 0. The maximum atomic E-state index is 2.30. The lowest BCUT2D eigenvalue weighted by molar-refractivity contribution is 0.588. The Bertz CT molecular complexity index is 178. The van der Waals surface area contributed by atoms with Crippen LogP contribution in [0.4, 0.5) is 0 Å². The summed E-state index contributed by atoms with van der Waals surface area (Å²) in [5.74, 6) is 0. The molecule has 0 bridgehead atoms. The Balaban J connectivity index is 2.36. The van der Waals surface area contributed by atoms with E-state index in [1.807, 2.05) is 11.1 Å². The Morgan fingerprint density at radius 1 is 0.688 bits per heavy atom. The third-order valence-electron chi connectivity index (χ3n) is 3.87. The first-order chi connectivity index (χ1) is 7.88. The zero-order chi connectivity index (χ0) is 11.6. The molecule has 0 atom stereocenters. The number of rotatable bonds is 8. The van der Waals surface area contributed by atoms with Gasteiger partial charge >= 0.3 is 0 Å². The predicted octanol–water partition coefficient (Wildman–Crippen LogP) is 6.02. The highest BCUT2D eigenvalue weighted by atomic mass is 14.2. The summed E-state index contributed by atoms with van der Waals surface area (Å²) < 4.78 is 0. The first-order valence-electron chi connectivity index (χ1n) is 7.58. The molecular weight excluding hydrogens is 192 g/mol. The quantitative estimate of drug-likeness (QED) is 0.348. The van der Waals surface area contributed by atoms with Crippen LogP contribution in [-0.4, -0.2) is 0 Å². The van der Waals surface area contributed by atoms with Gasteiger partial charge in [0.2, 0.25) is 0 Å². The van der Waals surface area contributed by atoms with E-state index in [-0.39, 0.29) is 0 Å². The van der Waals surface area contributed by atoms with Gasteiger partial charge in [-0.3, -0.25) is 0 Å². The van der Waals surface area contributed by atoms with E-state index in [4.69, 9.17) is 0 Å². The first-order valence-corrected chi connectivity index (χ1v) is 7.58. The highest BCUT2D eigenvalue weighted by Crippen LogP contribution is 2.31. The third kappa shape index (κ3) is 5.18. The maximum absolute atomic E-state index is 2.30. The molecule has 0 heterocycles. The van der Waals surface area contributed by atoms with Gasteiger partial charge in [0, 0.05) is 0 Å². The standard InChI is InChI=1S/C16H30/c1-3-5-7-11-15-13-9-10-14-16(15)12-8-6-4-2/h3-14H2,1-2H3. The van der Waals surface area contributed by atoms with Gasteiger partial charge < -0.3 is 0 Å². The number of allylic oxidation sites excluding steroid dienone is 2. The molecule has 1 rings (SSSR count). The smallest absolute Gasteiger partial charge is 0.0318 e. The molecule has 0 aliphatic heterocycles. The van der Waals surface area contributed by atoms with Crippen LogP contribution < -0.4 is 0 Å². The van der Waals surface area contributed by atoms with Crippen molar-refractivity contribution < 1.29 is 0 Å². The van der Waals surface area contributed by atoms with Crippen molar-refractivity contribution in [3.05, 3.63) is 11.1 Å². The number of hydrogen-bond donors (Lipinski definition) is 0. The van der Waals surface area contributed by atoms with Gasteiger partial charge in [0.15, 0.2) is 0 Å². The van der Waals surface area contributed by atoms with Crippen LogP contribution in [0.2, 0.25) is 0 Å². The van der Waals surface area contributed by atoms with E-state index in [1.165, 1.54) is 77.0 Å². The zero-order valence-electron chi connectivity index (χ0n) is 11.5. The van der Waals surface area contributed by atoms with Crippen molar-refractivity contribution in [3.63, 3.8) is 0 Å². The van der Waals surface area contributed by atoms with Gasteiger partial charge in [0.1, 0.15) is 0 Å². The predicted molar refractivity (Wildman–Crippen MR) is 73.8 cm³/mol. The molecule has 0 nitrogen and oxygen atoms in total. The maximum Gasteiger partial charge on any atom is -0.0318 e. The summed E-state index contributed by atoms with van der Waals surface area (Å²) in [5.41, 5.74) is 3.71. The van der Waals surface area contributed by atoms with Crippen LogP contribution in [0.5, 0.6) is 0 Å². The molecular formula is C16H30. The summed E-state index contributed by atoms with van der Waals surface area (Å²) in [7, 11) is 0. The molecule has 0 amide bonds.